The Kier molecular flexibility index (Phi) is 5.38. The molecule has 0 radical (unpaired) electrons. The minimum atomic E-state index is -0.160. The zero-order valence-electron chi connectivity index (χ0n) is 21.0. The summed E-state index contributed by atoms with van der Waals surface area (Å²) < 4.78 is 0. The van der Waals surface area contributed by atoms with Crippen molar-refractivity contribution in [2.24, 2.45) is 0 Å². The fourth-order valence-corrected chi connectivity index (χ4v) is 5.55. The van der Waals surface area contributed by atoms with Gasteiger partial charge in [0.1, 0.15) is 0 Å². The molecule has 0 saturated carbocycles. The van der Waals surface area contributed by atoms with Crippen LogP contribution in [0.5, 0.6) is 0 Å². The van der Waals surface area contributed by atoms with Crippen LogP contribution in [0, 0.1) is 6.92 Å². The van der Waals surface area contributed by atoms with E-state index in [1.807, 2.05) is 6.07 Å². The molecule has 1 aliphatic carbocycles. The van der Waals surface area contributed by atoms with Crippen molar-refractivity contribution in [1.82, 2.24) is 0 Å². The van der Waals surface area contributed by atoms with Crippen LogP contribution < -0.4 is 10.6 Å². The summed E-state index contributed by atoms with van der Waals surface area (Å²) in [5.74, 6) is 0. The maximum absolute atomic E-state index is 3.72. The van der Waals surface area contributed by atoms with Crippen molar-refractivity contribution < 1.29 is 0 Å². The Balaban J connectivity index is 1.52. The number of anilines is 4. The van der Waals surface area contributed by atoms with Crippen LogP contribution in [0.4, 0.5) is 22.7 Å². The lowest BCUT2D eigenvalue weighted by Gasteiger charge is -2.27. The van der Waals surface area contributed by atoms with Gasteiger partial charge in [-0.25, -0.2) is 0 Å². The molecular weight excluding hydrogens is 436 g/mol. The largest absolute Gasteiger partial charge is 0.356 e. The van der Waals surface area contributed by atoms with Gasteiger partial charge in [0.15, 0.2) is 0 Å². The summed E-state index contributed by atoms with van der Waals surface area (Å²) >= 11 is 0. The van der Waals surface area contributed by atoms with E-state index in [1.54, 1.807) is 0 Å². The fraction of sp³-hybridized carbons (Fsp3) is 0.118. The number of hydrogen-bond acceptors (Lipinski definition) is 2. The minimum absolute atomic E-state index is 0.160. The normalized spacial score (nSPS) is 13.1. The smallest absolute Gasteiger partial charge is 0.0467 e. The quantitative estimate of drug-likeness (QED) is 0.269. The van der Waals surface area contributed by atoms with E-state index in [4.69, 9.17) is 0 Å². The van der Waals surface area contributed by atoms with Crippen LogP contribution in [0.3, 0.4) is 0 Å². The first kappa shape index (κ1) is 22.2. The van der Waals surface area contributed by atoms with Gasteiger partial charge in [0, 0.05) is 33.7 Å². The topological polar surface area (TPSA) is 24.1 Å². The number of nitrogens with one attached hydrogen (secondary N) is 2. The second kappa shape index (κ2) is 8.73. The summed E-state index contributed by atoms with van der Waals surface area (Å²) in [4.78, 5) is 0. The molecule has 36 heavy (non-hydrogen) atoms. The third-order valence-corrected chi connectivity index (χ3v) is 7.24. The second-order valence-electron chi connectivity index (χ2n) is 10.1. The maximum Gasteiger partial charge on any atom is 0.0467 e. The SMILES string of the molecule is Cc1cccc(-c2c(Nc3ccccc3)ccc3c2C(C)(C)c2cc(Nc4ccccc4)ccc2-3)c1. The van der Waals surface area contributed by atoms with Crippen molar-refractivity contribution >= 4 is 22.7 Å². The van der Waals surface area contributed by atoms with Gasteiger partial charge >= 0.3 is 0 Å². The number of hydrogen-bond donors (Lipinski definition) is 2. The molecule has 6 rings (SSSR count). The van der Waals surface area contributed by atoms with Gasteiger partial charge in [-0.15, -0.1) is 0 Å². The Bertz CT molecular complexity index is 1550. The Hall–Kier alpha value is -4.30. The van der Waals surface area contributed by atoms with Crippen molar-refractivity contribution in [3.8, 4) is 22.3 Å². The third kappa shape index (κ3) is 3.85. The third-order valence-electron chi connectivity index (χ3n) is 7.24. The number of fused-ring (bicyclic) bond motifs is 3. The fourth-order valence-electron chi connectivity index (χ4n) is 5.55. The summed E-state index contributed by atoms with van der Waals surface area (Å²) in [6.07, 6.45) is 0. The van der Waals surface area contributed by atoms with Crippen molar-refractivity contribution in [2.75, 3.05) is 10.6 Å². The molecule has 2 heteroatoms. The highest BCUT2D eigenvalue weighted by Crippen LogP contribution is 2.55. The lowest BCUT2D eigenvalue weighted by Crippen LogP contribution is -2.17. The lowest BCUT2D eigenvalue weighted by molar-refractivity contribution is 0.662. The first-order valence-corrected chi connectivity index (χ1v) is 12.5. The molecule has 2 N–H and O–H groups in total. The van der Waals surface area contributed by atoms with Crippen LogP contribution in [0.25, 0.3) is 22.3 Å². The van der Waals surface area contributed by atoms with Crippen molar-refractivity contribution in [3.05, 3.63) is 132 Å². The van der Waals surface area contributed by atoms with Gasteiger partial charge in [0.05, 0.1) is 0 Å². The summed E-state index contributed by atoms with van der Waals surface area (Å²) in [7, 11) is 0. The minimum Gasteiger partial charge on any atom is -0.356 e. The monoisotopic (exact) mass is 466 g/mol. The Morgan fingerprint density at radius 1 is 0.556 bits per heavy atom. The molecule has 0 bridgehead atoms. The molecule has 0 fully saturated rings. The standard InChI is InChI=1S/C34H30N2/c1-23-11-10-12-24(21-23)32-31(36-26-15-8-5-9-16-26)20-19-29-28-18-17-27(35-25-13-6-4-7-14-25)22-30(28)34(2,3)33(29)32/h4-22,35-36H,1-3H3. The van der Waals surface area contributed by atoms with Gasteiger partial charge in [-0.2, -0.15) is 0 Å². The van der Waals surface area contributed by atoms with Gasteiger partial charge in [-0.3, -0.25) is 0 Å². The first-order valence-electron chi connectivity index (χ1n) is 12.5. The molecule has 2 nitrogen and oxygen atoms in total. The lowest BCUT2D eigenvalue weighted by atomic mass is 9.78. The molecule has 0 heterocycles. The number of rotatable bonds is 5. The summed E-state index contributed by atoms with van der Waals surface area (Å²) in [5, 5.41) is 7.30. The number of para-hydroxylation sites is 2. The van der Waals surface area contributed by atoms with Gasteiger partial charge in [-0.05, 0) is 77.2 Å². The summed E-state index contributed by atoms with van der Waals surface area (Å²) in [6.45, 7) is 6.88. The second-order valence-corrected chi connectivity index (χ2v) is 10.1. The van der Waals surface area contributed by atoms with E-state index in [-0.39, 0.29) is 5.41 Å². The van der Waals surface area contributed by atoms with Gasteiger partial charge < -0.3 is 10.6 Å². The molecule has 0 spiro atoms. The molecule has 5 aromatic rings. The molecule has 0 saturated heterocycles. The molecule has 1 aliphatic rings. The zero-order valence-corrected chi connectivity index (χ0v) is 21.0. The van der Waals surface area contributed by atoms with E-state index in [1.165, 1.54) is 38.9 Å². The van der Waals surface area contributed by atoms with E-state index in [9.17, 15) is 0 Å². The molecule has 0 aromatic heterocycles. The molecule has 0 aliphatic heterocycles. The van der Waals surface area contributed by atoms with E-state index in [2.05, 4.69) is 141 Å². The van der Waals surface area contributed by atoms with Crippen molar-refractivity contribution in [1.29, 1.82) is 0 Å². The average molecular weight is 467 g/mol. The highest BCUT2D eigenvalue weighted by Gasteiger charge is 2.38. The van der Waals surface area contributed by atoms with Crippen LogP contribution in [-0.4, -0.2) is 0 Å². The van der Waals surface area contributed by atoms with E-state index >= 15 is 0 Å². The highest BCUT2D eigenvalue weighted by molar-refractivity contribution is 5.95. The zero-order chi connectivity index (χ0) is 24.7. The van der Waals surface area contributed by atoms with Gasteiger partial charge in [0.25, 0.3) is 0 Å². The average Bonchev–Trinajstić information content (AvgIpc) is 3.11. The molecule has 176 valence electrons. The molecular formula is C34H30N2. The number of aryl methyl sites for hydroxylation is 1. The first-order chi connectivity index (χ1) is 17.5. The van der Waals surface area contributed by atoms with Gasteiger partial charge in [0.2, 0.25) is 0 Å². The molecule has 5 aromatic carbocycles. The predicted octanol–water partition coefficient (Wildman–Crippen LogP) is 9.46. The van der Waals surface area contributed by atoms with Crippen molar-refractivity contribution in [3.63, 3.8) is 0 Å². The molecule has 0 atom stereocenters. The Labute approximate surface area is 213 Å². The van der Waals surface area contributed by atoms with E-state index in [0.717, 1.165) is 22.7 Å². The number of benzene rings is 5. The molecule has 0 amide bonds. The predicted molar refractivity (Wildman–Crippen MR) is 154 cm³/mol. The summed E-state index contributed by atoms with van der Waals surface area (Å²) in [5.41, 5.74) is 13.4. The van der Waals surface area contributed by atoms with E-state index < -0.39 is 0 Å². The van der Waals surface area contributed by atoms with Crippen LogP contribution >= 0.6 is 0 Å². The molecule has 0 unspecified atom stereocenters. The van der Waals surface area contributed by atoms with Crippen molar-refractivity contribution in [2.45, 2.75) is 26.2 Å². The van der Waals surface area contributed by atoms with Crippen LogP contribution in [-0.2, 0) is 5.41 Å². The van der Waals surface area contributed by atoms with Crippen LogP contribution in [0.2, 0.25) is 0 Å². The Morgan fingerprint density at radius 2 is 1.22 bits per heavy atom. The van der Waals surface area contributed by atoms with Crippen LogP contribution in [0.15, 0.2) is 115 Å². The van der Waals surface area contributed by atoms with Crippen LogP contribution in [0.1, 0.15) is 30.5 Å². The highest BCUT2D eigenvalue weighted by atomic mass is 14.9. The summed E-state index contributed by atoms with van der Waals surface area (Å²) in [6, 6.07) is 41.0. The Morgan fingerprint density at radius 3 is 1.92 bits per heavy atom. The maximum atomic E-state index is 3.72. The van der Waals surface area contributed by atoms with E-state index in [0.29, 0.717) is 0 Å². The van der Waals surface area contributed by atoms with Gasteiger partial charge in [-0.1, -0.05) is 92.2 Å².